The Kier molecular flexibility index (Phi) is 27.6. The fourth-order valence-electron chi connectivity index (χ4n) is 12.9. The van der Waals surface area contributed by atoms with Gasteiger partial charge in [-0.3, -0.25) is 34.1 Å². The predicted octanol–water partition coefficient (Wildman–Crippen LogP) is 9.82. The van der Waals surface area contributed by atoms with Gasteiger partial charge in [-0.05, 0) is 109 Å². The lowest BCUT2D eigenvalue weighted by atomic mass is 9.85. The minimum atomic E-state index is -0.432. The summed E-state index contributed by atoms with van der Waals surface area (Å²) in [5.41, 5.74) is 3.95. The summed E-state index contributed by atoms with van der Waals surface area (Å²) in [4.78, 5) is 106. The van der Waals surface area contributed by atoms with Crippen molar-refractivity contribution in [3.63, 3.8) is 0 Å². The van der Waals surface area contributed by atoms with Gasteiger partial charge < -0.3 is 48.4 Å². The van der Waals surface area contributed by atoms with Gasteiger partial charge in [-0.2, -0.15) is 0 Å². The molecule has 4 aliphatic carbocycles. The van der Waals surface area contributed by atoms with E-state index in [1.54, 1.807) is 9.80 Å². The summed E-state index contributed by atoms with van der Waals surface area (Å²) in [6.07, 6.45) is 19.8. The van der Waals surface area contributed by atoms with Gasteiger partial charge in [-0.1, -0.05) is 158 Å². The Morgan fingerprint density at radius 3 is 1.09 bits per heavy atom. The third-order valence-electron chi connectivity index (χ3n) is 18.1. The zero-order valence-electron chi connectivity index (χ0n) is 52.5. The molecule has 5 amide bonds. The summed E-state index contributed by atoms with van der Waals surface area (Å²) < 4.78 is 30.3. The largest absolute Gasteiger partial charge is 0.468 e. The standard InChI is InChI=1S/C16H19NO6.C16H19NO2.C15H17NO3.C9H10O2.C8H9NO2.C8H13N/c18-11-21-9-14-6-17(7-15(14)10-22-12-19)16(20)23-8-13-4-2-1-3-5-13;18-16(19-12-13-6-2-1-3-7-13)17-10-14-8-4-5-9-15(14)11-17;17-14-6-12-8-16(9-13(12)7-14)15(18)19-10-11-4-2-1-3-5-11;1-8(10)11-7-9-5-3-2-4-6-9;10-7-5-3-1-2-4-6(5)8(11)9-7;1-2-4-8-6-9-5-7(8)3-1/h1-5,11-12,14-15H,6-10H2;1-7,14-15H,8-12H2;1-5,12-13H,6-10H2;2-6H,7H2,1H3;1-2,5-6H,3-4H2,(H,9,10,11);1-2,7-9H,3-6H2/t2*14-,15+;12-,13+;;5-,6+;7-,8+. The third kappa shape index (κ3) is 21.9. The van der Waals surface area contributed by atoms with Gasteiger partial charge in [0.25, 0.3) is 12.9 Å². The van der Waals surface area contributed by atoms with Gasteiger partial charge in [0.2, 0.25) is 11.8 Å². The average molecular weight is 1260 g/mol. The van der Waals surface area contributed by atoms with E-state index in [4.69, 9.17) is 28.4 Å². The second kappa shape index (κ2) is 36.8. The van der Waals surface area contributed by atoms with E-state index < -0.39 is 6.09 Å². The minimum Gasteiger partial charge on any atom is -0.468 e. The first kappa shape index (κ1) is 69.0. The molecule has 490 valence electrons. The molecule has 92 heavy (non-hydrogen) atoms. The zero-order valence-corrected chi connectivity index (χ0v) is 52.5. The van der Waals surface area contributed by atoms with Gasteiger partial charge in [-0.25, -0.2) is 14.4 Å². The number of hydrogen-bond acceptors (Lipinski definition) is 16. The second-order valence-corrected chi connectivity index (χ2v) is 24.5. The van der Waals surface area contributed by atoms with Gasteiger partial charge in [0.15, 0.2) is 0 Å². The van der Waals surface area contributed by atoms with Gasteiger partial charge >= 0.3 is 24.2 Å². The highest BCUT2D eigenvalue weighted by Gasteiger charge is 2.43. The fraction of sp³-hybridized carbons (Fsp3) is 0.458. The number of carbonyl (C=O) groups excluding carboxylic acids is 9. The summed E-state index contributed by atoms with van der Waals surface area (Å²) in [5, 5.41) is 5.77. The van der Waals surface area contributed by atoms with Crippen LogP contribution in [0.4, 0.5) is 14.4 Å². The Morgan fingerprint density at radius 2 is 0.739 bits per heavy atom. The average Bonchev–Trinajstić information content (AvgIpc) is 1.81. The number of likely N-dealkylation sites (tertiary alicyclic amines) is 3. The number of imide groups is 1. The topological polar surface area (TPSA) is 243 Å². The number of amides is 5. The second-order valence-electron chi connectivity index (χ2n) is 24.5. The van der Waals surface area contributed by atoms with Crippen LogP contribution in [0.5, 0.6) is 0 Å². The van der Waals surface area contributed by atoms with Crippen molar-refractivity contribution in [1.82, 2.24) is 25.3 Å². The number of ketones is 1. The molecule has 4 aromatic rings. The molecule has 10 atom stereocenters. The lowest BCUT2D eigenvalue weighted by Gasteiger charge is -2.18. The number of fused-ring (bicyclic) bond motifs is 4. The highest BCUT2D eigenvalue weighted by molar-refractivity contribution is 6.05. The number of Topliss-reactive ketones (excluding diaryl/α,β-unsaturated/α-hetero) is 1. The Bertz CT molecular complexity index is 3020. The Morgan fingerprint density at radius 1 is 0.424 bits per heavy atom. The molecule has 1 saturated carbocycles. The van der Waals surface area contributed by atoms with Crippen LogP contribution in [0.2, 0.25) is 0 Å². The van der Waals surface area contributed by atoms with Crippen molar-refractivity contribution in [2.24, 2.45) is 59.2 Å². The van der Waals surface area contributed by atoms with E-state index >= 15 is 0 Å². The summed E-state index contributed by atoms with van der Waals surface area (Å²) in [7, 11) is 0. The normalized spacial score (nSPS) is 24.8. The van der Waals surface area contributed by atoms with Crippen LogP contribution >= 0.6 is 0 Å². The molecule has 0 radical (unpaired) electrons. The number of rotatable bonds is 14. The number of hydrogen-bond donors (Lipinski definition) is 2. The van der Waals surface area contributed by atoms with Crippen molar-refractivity contribution < 1.29 is 71.6 Å². The van der Waals surface area contributed by atoms with E-state index in [9.17, 15) is 43.2 Å². The maximum atomic E-state index is 12.1. The van der Waals surface area contributed by atoms with Crippen molar-refractivity contribution in [3.8, 4) is 0 Å². The molecule has 5 aliphatic heterocycles. The summed E-state index contributed by atoms with van der Waals surface area (Å²) in [5.74, 6) is 3.52. The van der Waals surface area contributed by atoms with Crippen LogP contribution in [0.25, 0.3) is 0 Å². The lowest BCUT2D eigenvalue weighted by Crippen LogP contribution is -2.30. The number of carbonyl (C=O) groups is 9. The molecule has 9 aliphatic rings. The van der Waals surface area contributed by atoms with Gasteiger partial charge in [0.05, 0.1) is 25.0 Å². The van der Waals surface area contributed by atoms with Crippen LogP contribution in [-0.4, -0.2) is 135 Å². The number of nitrogens with one attached hydrogen (secondary N) is 2. The van der Waals surface area contributed by atoms with E-state index in [2.05, 4.69) is 34.9 Å². The molecule has 20 heteroatoms. The summed E-state index contributed by atoms with van der Waals surface area (Å²) in [6.45, 7) is 10.1. The first-order chi connectivity index (χ1) is 44.8. The molecule has 4 aromatic carbocycles. The highest BCUT2D eigenvalue weighted by atomic mass is 16.6. The Balaban J connectivity index is 0.000000146. The molecular formula is C72H87N5O15. The summed E-state index contributed by atoms with van der Waals surface area (Å²) >= 11 is 0. The van der Waals surface area contributed by atoms with Crippen LogP contribution < -0.4 is 10.6 Å². The van der Waals surface area contributed by atoms with E-state index in [1.807, 2.05) is 138 Å². The molecule has 0 bridgehead atoms. The number of nitrogens with zero attached hydrogens (tertiary/aromatic N) is 3. The number of allylic oxidation sites excluding steroid dienone is 6. The van der Waals surface area contributed by atoms with Crippen LogP contribution in [-0.2, 0) is 83.6 Å². The van der Waals surface area contributed by atoms with Crippen LogP contribution in [0.15, 0.2) is 158 Å². The number of esters is 1. The van der Waals surface area contributed by atoms with Crippen molar-refractivity contribution in [2.75, 3.05) is 65.6 Å². The van der Waals surface area contributed by atoms with Crippen molar-refractivity contribution >= 4 is 54.8 Å². The quantitative estimate of drug-likeness (QED) is 0.0392. The highest BCUT2D eigenvalue weighted by Crippen LogP contribution is 2.37. The van der Waals surface area contributed by atoms with Crippen LogP contribution in [0.1, 0.15) is 80.5 Å². The Labute approximate surface area is 539 Å². The van der Waals surface area contributed by atoms with E-state index in [0.717, 1.165) is 72.9 Å². The molecule has 0 spiro atoms. The molecule has 13 rings (SSSR count). The van der Waals surface area contributed by atoms with Crippen molar-refractivity contribution in [2.45, 2.75) is 84.7 Å². The predicted molar refractivity (Wildman–Crippen MR) is 341 cm³/mol. The SMILES string of the molecule is C1=CC[C@H]2CNC[C@H]2C1.CC(=O)OCc1ccccc1.O=C(OCc1ccccc1)N1C[C@H]2CC=CC[C@H]2C1.O=C1C[C@@H]2CN(C(=O)OCc3ccccc3)C[C@@H]2C1.O=C1NC(=O)[C@@H]2CC=CC[C@H]12.O=COC[C@@H]1CN(C(=O)OCc2ccccc2)C[C@@H]1COC=O. The van der Waals surface area contributed by atoms with Gasteiger partial charge in [0, 0.05) is 70.9 Å². The first-order valence-corrected chi connectivity index (χ1v) is 32.0. The van der Waals surface area contributed by atoms with Gasteiger partial charge in [0.1, 0.15) is 32.2 Å². The number of benzene rings is 4. The smallest absolute Gasteiger partial charge is 0.410 e. The zero-order chi connectivity index (χ0) is 64.9. The molecule has 2 N–H and O–H groups in total. The monoisotopic (exact) mass is 1260 g/mol. The maximum absolute atomic E-state index is 12.1. The van der Waals surface area contributed by atoms with Crippen LogP contribution in [0.3, 0.4) is 0 Å². The van der Waals surface area contributed by atoms with E-state index in [0.29, 0.717) is 101 Å². The van der Waals surface area contributed by atoms with Gasteiger partial charge in [-0.15, -0.1) is 0 Å². The minimum absolute atomic E-state index is 0.0764. The third-order valence-corrected chi connectivity index (χ3v) is 18.1. The number of ether oxygens (including phenoxy) is 6. The maximum Gasteiger partial charge on any atom is 0.410 e. The molecule has 0 unspecified atom stereocenters. The van der Waals surface area contributed by atoms with E-state index in [1.165, 1.54) is 32.9 Å². The molecular weight excluding hydrogens is 1170 g/mol. The fourth-order valence-corrected chi connectivity index (χ4v) is 12.9. The van der Waals surface area contributed by atoms with E-state index in [-0.39, 0.29) is 73.5 Å². The lowest BCUT2D eigenvalue weighted by molar-refractivity contribution is -0.142. The molecule has 0 aromatic heterocycles. The first-order valence-electron chi connectivity index (χ1n) is 32.0. The Hall–Kier alpha value is -8.91. The van der Waals surface area contributed by atoms with Crippen molar-refractivity contribution in [1.29, 1.82) is 0 Å². The van der Waals surface area contributed by atoms with Crippen molar-refractivity contribution in [3.05, 3.63) is 180 Å². The molecule has 5 heterocycles. The molecule has 6 fully saturated rings. The van der Waals surface area contributed by atoms with Crippen LogP contribution in [0, 0.1) is 59.2 Å². The summed E-state index contributed by atoms with van der Waals surface area (Å²) in [6, 6.07) is 38.5. The molecule has 5 saturated heterocycles. The molecule has 20 nitrogen and oxygen atoms in total.